The molecule has 0 fully saturated rings. The minimum absolute atomic E-state index is 0.106. The van der Waals surface area contributed by atoms with Crippen molar-refractivity contribution in [1.82, 2.24) is 24.7 Å². The monoisotopic (exact) mass is 315 g/mol. The molecule has 0 aliphatic rings. The smallest absolute Gasteiger partial charge is 0.317 e. The summed E-state index contributed by atoms with van der Waals surface area (Å²) in [7, 11) is 7.78. The van der Waals surface area contributed by atoms with Crippen molar-refractivity contribution in [3.05, 3.63) is 53.6 Å². The molecule has 2 aromatic rings. The van der Waals surface area contributed by atoms with Gasteiger partial charge in [0.1, 0.15) is 5.82 Å². The largest absolute Gasteiger partial charge is 0.337 e. The molecule has 0 atom stereocenters. The molecule has 0 unspecified atom stereocenters. The maximum atomic E-state index is 12.2. The second-order valence-corrected chi connectivity index (χ2v) is 6.03. The van der Waals surface area contributed by atoms with E-state index in [4.69, 9.17) is 0 Å². The third-order valence-electron chi connectivity index (χ3n) is 3.58. The average Bonchev–Trinajstić information content (AvgIpc) is 2.89. The van der Waals surface area contributed by atoms with Crippen LogP contribution in [0.5, 0.6) is 0 Å². The van der Waals surface area contributed by atoms with Crippen molar-refractivity contribution in [1.29, 1.82) is 0 Å². The first-order valence-electron chi connectivity index (χ1n) is 7.63. The lowest BCUT2D eigenvalue weighted by Gasteiger charge is -2.18. The number of carbonyl (C=O) groups is 1. The number of benzene rings is 1. The Kier molecular flexibility index (Phi) is 5.76. The Morgan fingerprint density at radius 2 is 1.96 bits per heavy atom. The highest BCUT2D eigenvalue weighted by Crippen LogP contribution is 2.07. The lowest BCUT2D eigenvalue weighted by atomic mass is 10.1. The van der Waals surface area contributed by atoms with Gasteiger partial charge < -0.3 is 19.7 Å². The molecule has 0 saturated heterocycles. The van der Waals surface area contributed by atoms with Crippen LogP contribution in [0.3, 0.4) is 0 Å². The van der Waals surface area contributed by atoms with Crippen LogP contribution in [0.1, 0.15) is 17.0 Å². The van der Waals surface area contributed by atoms with Crippen molar-refractivity contribution < 1.29 is 4.79 Å². The highest BCUT2D eigenvalue weighted by atomic mass is 16.2. The second-order valence-electron chi connectivity index (χ2n) is 6.03. The van der Waals surface area contributed by atoms with E-state index in [9.17, 15) is 4.79 Å². The first kappa shape index (κ1) is 17.0. The van der Waals surface area contributed by atoms with Gasteiger partial charge in [0.05, 0.1) is 6.54 Å². The lowest BCUT2D eigenvalue weighted by molar-refractivity contribution is 0.205. The summed E-state index contributed by atoms with van der Waals surface area (Å²) in [6.07, 6.45) is 3.61. The van der Waals surface area contributed by atoms with Crippen LogP contribution in [0.2, 0.25) is 0 Å². The maximum absolute atomic E-state index is 12.2. The van der Waals surface area contributed by atoms with Gasteiger partial charge in [-0.1, -0.05) is 24.3 Å². The van der Waals surface area contributed by atoms with Gasteiger partial charge in [-0.15, -0.1) is 0 Å². The Morgan fingerprint density at radius 3 is 2.61 bits per heavy atom. The van der Waals surface area contributed by atoms with E-state index in [1.807, 2.05) is 44.0 Å². The van der Waals surface area contributed by atoms with E-state index >= 15 is 0 Å². The SMILES string of the molecule is CN(C)Cc1cccc(CNC(=O)N(C)Cc2nccn2C)c1. The lowest BCUT2D eigenvalue weighted by Crippen LogP contribution is -2.37. The van der Waals surface area contributed by atoms with Gasteiger partial charge >= 0.3 is 6.03 Å². The van der Waals surface area contributed by atoms with Crippen molar-refractivity contribution in [3.8, 4) is 0 Å². The molecule has 0 aliphatic carbocycles. The Labute approximate surface area is 137 Å². The molecular weight excluding hydrogens is 290 g/mol. The van der Waals surface area contributed by atoms with E-state index in [0.717, 1.165) is 17.9 Å². The quantitative estimate of drug-likeness (QED) is 0.885. The third kappa shape index (κ3) is 5.10. The molecule has 124 valence electrons. The first-order chi connectivity index (χ1) is 11.0. The molecule has 2 rings (SSSR count). The van der Waals surface area contributed by atoms with Crippen LogP contribution in [0.4, 0.5) is 4.79 Å². The molecule has 1 heterocycles. The van der Waals surface area contributed by atoms with Gasteiger partial charge in [0.15, 0.2) is 0 Å². The normalized spacial score (nSPS) is 10.8. The summed E-state index contributed by atoms with van der Waals surface area (Å²) in [6, 6.07) is 8.17. The topological polar surface area (TPSA) is 53.4 Å². The fourth-order valence-corrected chi connectivity index (χ4v) is 2.35. The molecule has 0 aliphatic heterocycles. The number of nitrogens with one attached hydrogen (secondary N) is 1. The number of hydrogen-bond donors (Lipinski definition) is 1. The Bertz CT molecular complexity index is 650. The van der Waals surface area contributed by atoms with Gasteiger partial charge in [-0.25, -0.2) is 9.78 Å². The van der Waals surface area contributed by atoms with Crippen LogP contribution < -0.4 is 5.32 Å². The van der Waals surface area contributed by atoms with Crippen molar-refractivity contribution >= 4 is 6.03 Å². The summed E-state index contributed by atoms with van der Waals surface area (Å²) >= 11 is 0. The maximum Gasteiger partial charge on any atom is 0.317 e. The molecule has 6 nitrogen and oxygen atoms in total. The zero-order chi connectivity index (χ0) is 16.8. The summed E-state index contributed by atoms with van der Waals surface area (Å²) in [5.74, 6) is 0.857. The number of hydrogen-bond acceptors (Lipinski definition) is 3. The highest BCUT2D eigenvalue weighted by Gasteiger charge is 2.11. The molecule has 1 aromatic heterocycles. The molecular formula is C17H25N5O. The van der Waals surface area contributed by atoms with Crippen molar-refractivity contribution in [3.63, 3.8) is 0 Å². The van der Waals surface area contributed by atoms with Crippen molar-refractivity contribution in [2.24, 2.45) is 7.05 Å². The number of nitrogens with zero attached hydrogens (tertiary/aromatic N) is 4. The van der Waals surface area contributed by atoms with Gasteiger partial charge in [0.25, 0.3) is 0 Å². The van der Waals surface area contributed by atoms with Gasteiger partial charge in [-0.05, 0) is 25.2 Å². The predicted octanol–water partition coefficient (Wildman–Crippen LogP) is 1.82. The fraction of sp³-hybridized carbons (Fsp3) is 0.412. The Morgan fingerprint density at radius 1 is 1.22 bits per heavy atom. The number of imidazole rings is 1. The Hall–Kier alpha value is -2.34. The van der Waals surface area contributed by atoms with E-state index in [-0.39, 0.29) is 6.03 Å². The minimum atomic E-state index is -0.106. The van der Waals surface area contributed by atoms with Crippen molar-refractivity contribution in [2.75, 3.05) is 21.1 Å². The molecule has 0 saturated carbocycles. The van der Waals surface area contributed by atoms with Crippen LogP contribution in [0, 0.1) is 0 Å². The number of aromatic nitrogens is 2. The van der Waals surface area contributed by atoms with Crippen LogP contribution >= 0.6 is 0 Å². The van der Waals surface area contributed by atoms with E-state index < -0.39 is 0 Å². The zero-order valence-corrected chi connectivity index (χ0v) is 14.3. The van der Waals surface area contributed by atoms with E-state index in [1.54, 1.807) is 18.1 Å². The molecule has 0 spiro atoms. The first-order valence-corrected chi connectivity index (χ1v) is 7.63. The van der Waals surface area contributed by atoms with Gasteiger partial charge in [-0.3, -0.25) is 0 Å². The standard InChI is InChI=1S/C17H25N5O/c1-20(2)12-15-7-5-6-14(10-15)11-19-17(23)22(4)13-16-18-8-9-21(16)3/h5-10H,11-13H2,1-4H3,(H,19,23). The van der Waals surface area contributed by atoms with E-state index in [1.165, 1.54) is 5.56 Å². The Balaban J connectivity index is 1.87. The van der Waals surface area contributed by atoms with Crippen LogP contribution in [0.25, 0.3) is 0 Å². The van der Waals surface area contributed by atoms with Gasteiger partial charge in [0, 0.05) is 39.6 Å². The number of amides is 2. The molecule has 23 heavy (non-hydrogen) atoms. The fourth-order valence-electron chi connectivity index (χ4n) is 2.35. The third-order valence-corrected chi connectivity index (χ3v) is 3.58. The molecule has 2 amide bonds. The van der Waals surface area contributed by atoms with Gasteiger partial charge in [0.2, 0.25) is 0 Å². The van der Waals surface area contributed by atoms with Gasteiger partial charge in [-0.2, -0.15) is 0 Å². The van der Waals surface area contributed by atoms with Crippen LogP contribution in [0.15, 0.2) is 36.7 Å². The molecule has 1 N–H and O–H groups in total. The summed E-state index contributed by atoms with van der Waals surface area (Å²) in [5, 5.41) is 2.95. The molecule has 0 bridgehead atoms. The van der Waals surface area contributed by atoms with E-state index in [0.29, 0.717) is 13.1 Å². The molecule has 6 heteroatoms. The number of aryl methyl sites for hydroxylation is 1. The summed E-state index contributed by atoms with van der Waals surface area (Å²) in [5.41, 5.74) is 2.34. The molecule has 0 radical (unpaired) electrons. The summed E-state index contributed by atoms with van der Waals surface area (Å²) in [6.45, 7) is 1.89. The summed E-state index contributed by atoms with van der Waals surface area (Å²) in [4.78, 5) is 20.2. The van der Waals surface area contributed by atoms with Crippen LogP contribution in [-0.2, 0) is 26.7 Å². The molecule has 1 aromatic carbocycles. The predicted molar refractivity (Wildman–Crippen MR) is 90.7 cm³/mol. The second kappa shape index (κ2) is 7.78. The number of urea groups is 1. The highest BCUT2D eigenvalue weighted by molar-refractivity contribution is 5.73. The summed E-state index contributed by atoms with van der Waals surface area (Å²) < 4.78 is 1.91. The van der Waals surface area contributed by atoms with Crippen LogP contribution in [-0.4, -0.2) is 46.5 Å². The van der Waals surface area contributed by atoms with E-state index in [2.05, 4.69) is 27.3 Å². The minimum Gasteiger partial charge on any atom is -0.337 e. The average molecular weight is 315 g/mol. The van der Waals surface area contributed by atoms with Crippen molar-refractivity contribution in [2.45, 2.75) is 19.6 Å². The number of rotatable bonds is 6. The number of carbonyl (C=O) groups excluding carboxylic acids is 1. The zero-order valence-electron chi connectivity index (χ0n) is 14.3.